The van der Waals surface area contributed by atoms with Crippen molar-refractivity contribution in [2.45, 2.75) is 13.8 Å². The Bertz CT molecular complexity index is 906. The van der Waals surface area contributed by atoms with E-state index in [1.807, 2.05) is 19.9 Å². The fourth-order valence-corrected chi connectivity index (χ4v) is 2.32. The Kier molecular flexibility index (Phi) is 7.24. The third-order valence-corrected chi connectivity index (χ3v) is 3.57. The Hall–Kier alpha value is -3.95. The summed E-state index contributed by atoms with van der Waals surface area (Å²) < 4.78 is 10.1. The zero-order chi connectivity index (χ0) is 21.4. The molecule has 10 nitrogen and oxygen atoms in total. The van der Waals surface area contributed by atoms with Gasteiger partial charge in [-0.25, -0.2) is 4.79 Å². The van der Waals surface area contributed by atoms with Crippen LogP contribution >= 0.6 is 0 Å². The van der Waals surface area contributed by atoms with E-state index in [1.165, 1.54) is 12.1 Å². The molecule has 0 bridgehead atoms. The molecule has 2 N–H and O–H groups in total. The predicted molar refractivity (Wildman–Crippen MR) is 101 cm³/mol. The summed E-state index contributed by atoms with van der Waals surface area (Å²) in [6, 6.07) is 10.3. The molecule has 0 heterocycles. The fourth-order valence-electron chi connectivity index (χ4n) is 2.32. The number of nitro groups is 1. The monoisotopic (exact) mass is 401 g/mol. The number of aryl methyl sites for hydroxylation is 2. The van der Waals surface area contributed by atoms with Crippen molar-refractivity contribution in [3.05, 3.63) is 69.3 Å². The van der Waals surface area contributed by atoms with Crippen LogP contribution in [-0.2, 0) is 14.3 Å². The van der Waals surface area contributed by atoms with Crippen LogP contribution in [0.15, 0.2) is 42.5 Å². The van der Waals surface area contributed by atoms with Crippen LogP contribution in [0.5, 0.6) is 5.75 Å². The Morgan fingerprint density at radius 3 is 2.17 bits per heavy atom. The van der Waals surface area contributed by atoms with E-state index in [9.17, 15) is 24.5 Å². The van der Waals surface area contributed by atoms with Gasteiger partial charge in [-0.15, -0.1) is 0 Å². The molecule has 10 heteroatoms. The fraction of sp³-hybridized carbons (Fsp3) is 0.211. The average molecular weight is 401 g/mol. The first kappa shape index (κ1) is 21.4. The van der Waals surface area contributed by atoms with Gasteiger partial charge >= 0.3 is 5.97 Å². The summed E-state index contributed by atoms with van der Waals surface area (Å²) in [5.74, 6) is -1.68. The summed E-state index contributed by atoms with van der Waals surface area (Å²) >= 11 is 0. The van der Waals surface area contributed by atoms with Gasteiger partial charge in [-0.3, -0.25) is 30.6 Å². The maximum atomic E-state index is 11.9. The Morgan fingerprint density at radius 1 is 0.966 bits per heavy atom. The molecule has 0 saturated heterocycles. The van der Waals surface area contributed by atoms with E-state index >= 15 is 0 Å². The number of esters is 1. The minimum atomic E-state index is -0.764. The van der Waals surface area contributed by atoms with Gasteiger partial charge in [-0.05, 0) is 49.2 Å². The summed E-state index contributed by atoms with van der Waals surface area (Å²) in [6.07, 6.45) is 0. The van der Waals surface area contributed by atoms with Crippen LogP contribution in [0.25, 0.3) is 0 Å². The van der Waals surface area contributed by atoms with Crippen molar-refractivity contribution in [3.8, 4) is 5.75 Å². The SMILES string of the molecule is Cc1cc(C)cc(OCC(=O)OCC(=O)NNC(=O)c2ccc([N+](=O)[O-])cc2)c1. The number of carbonyl (C=O) groups is 3. The summed E-state index contributed by atoms with van der Waals surface area (Å²) in [5.41, 5.74) is 6.09. The van der Waals surface area contributed by atoms with E-state index in [0.717, 1.165) is 23.3 Å². The molecule has 0 radical (unpaired) electrons. The van der Waals surface area contributed by atoms with E-state index in [1.54, 1.807) is 12.1 Å². The first-order valence-corrected chi connectivity index (χ1v) is 8.45. The van der Waals surface area contributed by atoms with Crippen LogP contribution in [0.4, 0.5) is 5.69 Å². The van der Waals surface area contributed by atoms with E-state index in [0.29, 0.717) is 5.75 Å². The molecule has 2 aromatic rings. The van der Waals surface area contributed by atoms with E-state index in [-0.39, 0.29) is 17.9 Å². The van der Waals surface area contributed by atoms with Gasteiger partial charge in [-0.1, -0.05) is 6.07 Å². The normalized spacial score (nSPS) is 10.0. The van der Waals surface area contributed by atoms with Gasteiger partial charge in [0.05, 0.1) is 4.92 Å². The molecule has 0 aliphatic carbocycles. The molecular weight excluding hydrogens is 382 g/mol. The summed E-state index contributed by atoms with van der Waals surface area (Å²) in [5, 5.41) is 10.6. The number of ether oxygens (including phenoxy) is 2. The van der Waals surface area contributed by atoms with Gasteiger partial charge in [0, 0.05) is 17.7 Å². The molecule has 2 aromatic carbocycles. The first-order chi connectivity index (χ1) is 13.7. The first-order valence-electron chi connectivity index (χ1n) is 8.45. The third-order valence-electron chi connectivity index (χ3n) is 3.57. The van der Waals surface area contributed by atoms with Crippen molar-refractivity contribution in [1.29, 1.82) is 0 Å². The standard InChI is InChI=1S/C19H19N3O7/c1-12-7-13(2)9-16(8-12)28-11-18(24)29-10-17(23)20-21-19(25)14-3-5-15(6-4-14)22(26)27/h3-9H,10-11H2,1-2H3,(H,20,23)(H,21,25). The summed E-state index contributed by atoms with van der Waals surface area (Å²) in [4.78, 5) is 45.2. The molecule has 0 saturated carbocycles. The Morgan fingerprint density at radius 2 is 1.59 bits per heavy atom. The third kappa shape index (κ3) is 6.94. The maximum Gasteiger partial charge on any atom is 0.344 e. The van der Waals surface area contributed by atoms with Crippen LogP contribution in [0.2, 0.25) is 0 Å². The zero-order valence-corrected chi connectivity index (χ0v) is 15.8. The largest absolute Gasteiger partial charge is 0.482 e. The Balaban J connectivity index is 1.71. The highest BCUT2D eigenvalue weighted by molar-refractivity contribution is 5.95. The quantitative estimate of drug-likeness (QED) is 0.408. The molecule has 2 rings (SSSR count). The second-order valence-corrected chi connectivity index (χ2v) is 6.08. The van der Waals surface area contributed by atoms with Crippen molar-refractivity contribution in [3.63, 3.8) is 0 Å². The number of nitrogens with zero attached hydrogens (tertiary/aromatic N) is 1. The average Bonchev–Trinajstić information content (AvgIpc) is 2.68. The zero-order valence-electron chi connectivity index (χ0n) is 15.8. The van der Waals surface area contributed by atoms with Crippen molar-refractivity contribution in [2.24, 2.45) is 0 Å². The molecule has 2 amide bonds. The molecule has 0 atom stereocenters. The van der Waals surface area contributed by atoms with Crippen molar-refractivity contribution >= 4 is 23.5 Å². The summed E-state index contributed by atoms with van der Waals surface area (Å²) in [6.45, 7) is 2.81. The minimum Gasteiger partial charge on any atom is -0.482 e. The number of hydrogen-bond acceptors (Lipinski definition) is 7. The van der Waals surface area contributed by atoms with E-state index in [4.69, 9.17) is 9.47 Å². The van der Waals surface area contributed by atoms with Gasteiger partial charge in [0.25, 0.3) is 17.5 Å². The van der Waals surface area contributed by atoms with Crippen molar-refractivity contribution in [1.82, 2.24) is 10.9 Å². The van der Waals surface area contributed by atoms with E-state index in [2.05, 4.69) is 10.9 Å². The molecule has 0 unspecified atom stereocenters. The number of nitrogens with one attached hydrogen (secondary N) is 2. The number of carbonyl (C=O) groups excluding carboxylic acids is 3. The molecule has 0 fully saturated rings. The van der Waals surface area contributed by atoms with Crippen molar-refractivity contribution < 1.29 is 28.8 Å². The highest BCUT2D eigenvalue weighted by atomic mass is 16.6. The Labute approximate surface area is 165 Å². The lowest BCUT2D eigenvalue weighted by Gasteiger charge is -2.09. The van der Waals surface area contributed by atoms with Crippen LogP contribution in [0, 0.1) is 24.0 Å². The van der Waals surface area contributed by atoms with Crippen LogP contribution in [0.1, 0.15) is 21.5 Å². The number of nitro benzene ring substituents is 1. The number of benzene rings is 2. The van der Waals surface area contributed by atoms with Gasteiger partial charge < -0.3 is 9.47 Å². The number of rotatable bonds is 7. The van der Waals surface area contributed by atoms with Crippen LogP contribution < -0.4 is 15.6 Å². The highest BCUT2D eigenvalue weighted by Crippen LogP contribution is 2.16. The lowest BCUT2D eigenvalue weighted by atomic mass is 10.1. The second kappa shape index (κ2) is 9.83. The number of hydrogen-bond donors (Lipinski definition) is 2. The number of amides is 2. The molecule has 0 aliphatic heterocycles. The maximum absolute atomic E-state index is 11.9. The minimum absolute atomic E-state index is 0.106. The molecule has 0 spiro atoms. The topological polar surface area (TPSA) is 137 Å². The predicted octanol–water partition coefficient (Wildman–Crippen LogP) is 1.59. The highest BCUT2D eigenvalue weighted by Gasteiger charge is 2.12. The lowest BCUT2D eigenvalue weighted by Crippen LogP contribution is -2.43. The van der Waals surface area contributed by atoms with Gasteiger partial charge in [0.1, 0.15) is 5.75 Å². The van der Waals surface area contributed by atoms with Gasteiger partial charge in [0.2, 0.25) is 0 Å². The molecular formula is C19H19N3O7. The lowest BCUT2D eigenvalue weighted by molar-refractivity contribution is -0.384. The molecule has 29 heavy (non-hydrogen) atoms. The molecule has 0 aliphatic rings. The number of non-ortho nitro benzene ring substituents is 1. The summed E-state index contributed by atoms with van der Waals surface area (Å²) in [7, 11) is 0. The molecule has 0 aromatic heterocycles. The van der Waals surface area contributed by atoms with Gasteiger partial charge in [0.15, 0.2) is 13.2 Å². The smallest absolute Gasteiger partial charge is 0.344 e. The molecule has 152 valence electrons. The van der Waals surface area contributed by atoms with Gasteiger partial charge in [-0.2, -0.15) is 0 Å². The second-order valence-electron chi connectivity index (χ2n) is 6.08. The van der Waals surface area contributed by atoms with Crippen molar-refractivity contribution in [2.75, 3.05) is 13.2 Å². The van der Waals surface area contributed by atoms with Crippen LogP contribution in [0.3, 0.4) is 0 Å². The number of hydrazine groups is 1. The van der Waals surface area contributed by atoms with E-state index < -0.39 is 29.3 Å². The van der Waals surface area contributed by atoms with Crippen LogP contribution in [-0.4, -0.2) is 35.9 Å².